The van der Waals surface area contributed by atoms with Gasteiger partial charge in [0.05, 0.1) is 5.02 Å². The Morgan fingerprint density at radius 2 is 2.06 bits per heavy atom. The molecule has 0 bridgehead atoms. The summed E-state index contributed by atoms with van der Waals surface area (Å²) >= 11 is 6.15. The molecule has 0 atom stereocenters. The fraction of sp³-hybridized carbons (Fsp3) is 0.273. The number of hydrogen-bond donors (Lipinski definition) is 4. The van der Waals surface area contributed by atoms with Gasteiger partial charge in [0.2, 0.25) is 0 Å². The molecule has 0 amide bonds. The Morgan fingerprint density at radius 3 is 2.88 bits per heavy atom. The first-order chi connectivity index (χ1) is 7.84. The molecule has 1 aliphatic rings. The van der Waals surface area contributed by atoms with E-state index in [2.05, 4.69) is 20.9 Å². The molecule has 0 unspecified atom stereocenters. The average molecular weight is 237 g/mol. The third-order valence-corrected chi connectivity index (χ3v) is 3.08. The van der Waals surface area contributed by atoms with Gasteiger partial charge in [-0.1, -0.05) is 17.7 Å². The smallest absolute Gasteiger partial charge is 0.132 e. The van der Waals surface area contributed by atoms with Crippen LogP contribution in [0.3, 0.4) is 0 Å². The fourth-order valence-corrected chi connectivity index (χ4v) is 2.28. The predicted molar refractivity (Wildman–Crippen MR) is 66.7 cm³/mol. The van der Waals surface area contributed by atoms with Crippen molar-refractivity contribution in [1.82, 2.24) is 15.6 Å². The highest BCUT2D eigenvalue weighted by molar-refractivity contribution is 6.36. The topological polar surface area (TPSA) is 51.9 Å². The van der Waals surface area contributed by atoms with Crippen LogP contribution in [0.25, 0.3) is 10.9 Å². The van der Waals surface area contributed by atoms with E-state index in [1.54, 1.807) is 0 Å². The number of rotatable bonds is 2. The standard InChI is InChI=1S/C11H13ClN4/c12-7-6-15-8-2-1-3-9(10(7)8)16-11-13-4-5-14-11/h1-3,6,11,13-16H,4-5H2. The summed E-state index contributed by atoms with van der Waals surface area (Å²) in [5.74, 6) is 0. The van der Waals surface area contributed by atoms with Crippen molar-refractivity contribution in [2.24, 2.45) is 0 Å². The second kappa shape index (κ2) is 3.97. The molecule has 3 rings (SSSR count). The molecule has 5 heteroatoms. The van der Waals surface area contributed by atoms with Gasteiger partial charge in [0.25, 0.3) is 0 Å². The second-order valence-electron chi connectivity index (χ2n) is 3.85. The molecule has 0 saturated carbocycles. The Morgan fingerprint density at radius 1 is 1.25 bits per heavy atom. The zero-order chi connectivity index (χ0) is 11.0. The van der Waals surface area contributed by atoms with Gasteiger partial charge in [-0.15, -0.1) is 0 Å². The number of aromatic amines is 1. The lowest BCUT2D eigenvalue weighted by Gasteiger charge is -2.15. The molecule has 1 fully saturated rings. The number of H-pyrrole nitrogens is 1. The van der Waals surface area contributed by atoms with E-state index in [0.29, 0.717) is 0 Å². The molecular formula is C11H13ClN4. The van der Waals surface area contributed by atoms with E-state index >= 15 is 0 Å². The number of hydrogen-bond acceptors (Lipinski definition) is 3. The van der Waals surface area contributed by atoms with E-state index in [1.807, 2.05) is 24.4 Å². The quantitative estimate of drug-likeness (QED) is 0.642. The molecule has 0 spiro atoms. The summed E-state index contributed by atoms with van der Waals surface area (Å²) in [4.78, 5) is 3.14. The zero-order valence-electron chi connectivity index (χ0n) is 8.68. The lowest BCUT2D eigenvalue weighted by Crippen LogP contribution is -2.38. The minimum absolute atomic E-state index is 0.122. The second-order valence-corrected chi connectivity index (χ2v) is 4.26. The summed E-state index contributed by atoms with van der Waals surface area (Å²) < 4.78 is 0. The summed E-state index contributed by atoms with van der Waals surface area (Å²) in [5, 5.41) is 11.8. The van der Waals surface area contributed by atoms with Crippen LogP contribution < -0.4 is 16.0 Å². The van der Waals surface area contributed by atoms with Gasteiger partial charge in [-0.3, -0.25) is 10.6 Å². The first-order valence-electron chi connectivity index (χ1n) is 5.33. The van der Waals surface area contributed by atoms with Gasteiger partial charge in [-0.2, -0.15) is 0 Å². The molecule has 4 N–H and O–H groups in total. The van der Waals surface area contributed by atoms with E-state index in [4.69, 9.17) is 11.6 Å². The summed E-state index contributed by atoms with van der Waals surface area (Å²) in [6, 6.07) is 6.05. The van der Waals surface area contributed by atoms with Crippen LogP contribution in [-0.2, 0) is 0 Å². The third-order valence-electron chi connectivity index (χ3n) is 2.78. The highest BCUT2D eigenvalue weighted by Gasteiger charge is 2.14. The van der Waals surface area contributed by atoms with Crippen LogP contribution in [-0.4, -0.2) is 24.4 Å². The number of aromatic nitrogens is 1. The monoisotopic (exact) mass is 236 g/mol. The maximum absolute atomic E-state index is 6.15. The SMILES string of the molecule is Clc1c[nH]c2cccc(NC3NCCN3)c12. The van der Waals surface area contributed by atoms with Crippen LogP contribution in [0.4, 0.5) is 5.69 Å². The van der Waals surface area contributed by atoms with Crippen molar-refractivity contribution in [3.8, 4) is 0 Å². The lowest BCUT2D eigenvalue weighted by atomic mass is 10.2. The van der Waals surface area contributed by atoms with Crippen molar-refractivity contribution in [3.63, 3.8) is 0 Å². The Bertz CT molecular complexity index is 502. The minimum Gasteiger partial charge on any atom is -0.360 e. The Balaban J connectivity index is 1.98. The van der Waals surface area contributed by atoms with Gasteiger partial charge in [-0.05, 0) is 12.1 Å². The highest BCUT2D eigenvalue weighted by atomic mass is 35.5. The van der Waals surface area contributed by atoms with Crippen LogP contribution in [0.5, 0.6) is 0 Å². The molecule has 2 aromatic rings. The van der Waals surface area contributed by atoms with Gasteiger partial charge < -0.3 is 10.3 Å². The lowest BCUT2D eigenvalue weighted by molar-refractivity contribution is 0.621. The Labute approximate surface area is 98.4 Å². The Hall–Kier alpha value is -1.23. The average Bonchev–Trinajstić information content (AvgIpc) is 2.90. The van der Waals surface area contributed by atoms with Gasteiger partial charge in [0.1, 0.15) is 6.29 Å². The van der Waals surface area contributed by atoms with E-state index in [1.165, 1.54) is 0 Å². The van der Waals surface area contributed by atoms with Crippen molar-refractivity contribution in [2.45, 2.75) is 6.29 Å². The molecule has 0 aliphatic carbocycles. The van der Waals surface area contributed by atoms with E-state index in [9.17, 15) is 0 Å². The van der Waals surface area contributed by atoms with Crippen molar-refractivity contribution in [3.05, 3.63) is 29.4 Å². The van der Waals surface area contributed by atoms with Gasteiger partial charge in [0, 0.05) is 35.9 Å². The van der Waals surface area contributed by atoms with Crippen LogP contribution >= 0.6 is 11.6 Å². The molecule has 2 heterocycles. The number of fused-ring (bicyclic) bond motifs is 1. The third kappa shape index (κ3) is 1.65. The fourth-order valence-electron chi connectivity index (χ4n) is 2.03. The molecule has 1 aliphatic heterocycles. The zero-order valence-corrected chi connectivity index (χ0v) is 9.43. The van der Waals surface area contributed by atoms with Crippen molar-refractivity contribution in [2.75, 3.05) is 18.4 Å². The first kappa shape index (κ1) is 9.96. The van der Waals surface area contributed by atoms with E-state index in [-0.39, 0.29) is 6.29 Å². The number of anilines is 1. The molecule has 16 heavy (non-hydrogen) atoms. The molecule has 1 saturated heterocycles. The van der Waals surface area contributed by atoms with Crippen LogP contribution in [0, 0.1) is 0 Å². The summed E-state index contributed by atoms with van der Waals surface area (Å²) in [6.07, 6.45) is 1.93. The van der Waals surface area contributed by atoms with Crippen LogP contribution in [0.15, 0.2) is 24.4 Å². The van der Waals surface area contributed by atoms with Gasteiger partial charge in [-0.25, -0.2) is 0 Å². The van der Waals surface area contributed by atoms with E-state index in [0.717, 1.165) is 34.7 Å². The largest absolute Gasteiger partial charge is 0.360 e. The summed E-state index contributed by atoms with van der Waals surface area (Å²) in [6.45, 7) is 1.96. The summed E-state index contributed by atoms with van der Waals surface area (Å²) in [7, 11) is 0. The molecule has 4 nitrogen and oxygen atoms in total. The number of nitrogens with one attached hydrogen (secondary N) is 4. The maximum Gasteiger partial charge on any atom is 0.132 e. The number of halogens is 1. The van der Waals surface area contributed by atoms with Gasteiger partial charge >= 0.3 is 0 Å². The molecule has 1 aromatic heterocycles. The number of benzene rings is 1. The Kier molecular flexibility index (Phi) is 2.47. The van der Waals surface area contributed by atoms with E-state index < -0.39 is 0 Å². The van der Waals surface area contributed by atoms with Crippen LogP contribution in [0.1, 0.15) is 0 Å². The molecule has 84 valence electrons. The molecule has 1 aromatic carbocycles. The maximum atomic E-state index is 6.15. The summed E-state index contributed by atoms with van der Waals surface area (Å²) in [5.41, 5.74) is 2.09. The molecular weight excluding hydrogens is 224 g/mol. The minimum atomic E-state index is 0.122. The predicted octanol–water partition coefficient (Wildman–Crippen LogP) is 1.71. The van der Waals surface area contributed by atoms with Gasteiger partial charge in [0.15, 0.2) is 0 Å². The first-order valence-corrected chi connectivity index (χ1v) is 5.71. The normalized spacial score (nSPS) is 17.1. The van der Waals surface area contributed by atoms with Crippen molar-refractivity contribution in [1.29, 1.82) is 0 Å². The highest BCUT2D eigenvalue weighted by Crippen LogP contribution is 2.30. The van der Waals surface area contributed by atoms with Crippen molar-refractivity contribution >= 4 is 28.2 Å². The van der Waals surface area contributed by atoms with Crippen LogP contribution in [0.2, 0.25) is 5.02 Å². The molecule has 0 radical (unpaired) electrons. The van der Waals surface area contributed by atoms with Crippen molar-refractivity contribution < 1.29 is 0 Å².